The first-order chi connectivity index (χ1) is 14.3. The summed E-state index contributed by atoms with van der Waals surface area (Å²) in [7, 11) is 0. The van der Waals surface area contributed by atoms with Crippen LogP contribution in [0.4, 0.5) is 8.78 Å². The van der Waals surface area contributed by atoms with Gasteiger partial charge in [-0.1, -0.05) is 24.3 Å². The van der Waals surface area contributed by atoms with E-state index in [2.05, 4.69) is 15.1 Å². The van der Waals surface area contributed by atoms with Gasteiger partial charge in [0.1, 0.15) is 11.9 Å². The fourth-order valence-electron chi connectivity index (χ4n) is 3.29. The quantitative estimate of drug-likeness (QED) is 0.592. The second kappa shape index (κ2) is 7.81. The highest BCUT2D eigenvalue weighted by Gasteiger charge is 2.34. The van der Waals surface area contributed by atoms with Crippen LogP contribution in [0.1, 0.15) is 35.5 Å². The van der Waals surface area contributed by atoms with E-state index < -0.39 is 12.5 Å². The number of carbonyl (C=O) groups excluding carboxylic acids is 1. The minimum atomic E-state index is -3.02. The van der Waals surface area contributed by atoms with Crippen LogP contribution in [0.25, 0.3) is 11.1 Å². The van der Waals surface area contributed by atoms with E-state index in [1.165, 1.54) is 6.33 Å². The molecule has 0 spiro atoms. The third-order valence-electron chi connectivity index (χ3n) is 4.81. The molecule has 0 aliphatic carbocycles. The summed E-state index contributed by atoms with van der Waals surface area (Å²) in [6.45, 7) is 3.38. The first-order valence-corrected chi connectivity index (χ1v) is 9.59. The van der Waals surface area contributed by atoms with Gasteiger partial charge in [0.05, 0.1) is 18.4 Å². The monoisotopic (exact) mass is 413 g/mol. The van der Waals surface area contributed by atoms with Crippen molar-refractivity contribution in [2.75, 3.05) is 6.61 Å². The van der Waals surface area contributed by atoms with Gasteiger partial charge in [-0.05, 0) is 18.1 Å². The van der Waals surface area contributed by atoms with E-state index >= 15 is 0 Å². The highest BCUT2D eigenvalue weighted by atomic mass is 19.3. The Bertz CT molecular complexity index is 1060. The van der Waals surface area contributed by atoms with Gasteiger partial charge in [0.15, 0.2) is 6.61 Å². The maximum absolute atomic E-state index is 13.1. The summed E-state index contributed by atoms with van der Waals surface area (Å²) in [5, 5.41) is 4.28. The lowest BCUT2D eigenvalue weighted by atomic mass is 10.1. The van der Waals surface area contributed by atoms with Gasteiger partial charge in [0.2, 0.25) is 5.88 Å². The number of hydrogen-bond acceptors (Lipinski definition) is 5. The summed E-state index contributed by atoms with van der Waals surface area (Å²) in [4.78, 5) is 22.4. The van der Waals surface area contributed by atoms with Crippen molar-refractivity contribution in [3.63, 3.8) is 0 Å². The van der Waals surface area contributed by atoms with Crippen molar-refractivity contribution < 1.29 is 18.3 Å². The zero-order chi connectivity index (χ0) is 21.3. The lowest BCUT2D eigenvalue weighted by Crippen LogP contribution is -2.25. The predicted octanol–water partition coefficient (Wildman–Crippen LogP) is 3.55. The molecule has 1 aliphatic rings. The van der Waals surface area contributed by atoms with Gasteiger partial charge in [0.25, 0.3) is 11.8 Å². The number of fused-ring (bicyclic) bond motifs is 1. The molecule has 0 fully saturated rings. The lowest BCUT2D eigenvalue weighted by molar-refractivity contribution is -0.0245. The molecule has 0 radical (unpaired) electrons. The Labute approximate surface area is 172 Å². The van der Waals surface area contributed by atoms with Gasteiger partial charge in [-0.15, -0.1) is 0 Å². The molecule has 1 amide bonds. The molecule has 0 atom stereocenters. The highest BCUT2D eigenvalue weighted by Crippen LogP contribution is 2.30. The fraction of sp³-hybridized carbons (Fsp3) is 0.333. The first-order valence-electron chi connectivity index (χ1n) is 9.59. The van der Waals surface area contributed by atoms with Crippen molar-refractivity contribution in [1.29, 1.82) is 0 Å². The Balaban J connectivity index is 1.47. The molecule has 4 rings (SSSR count). The standard InChI is InChI=1S/C21H21F2N5O2/c1-3-28-10-16(8-26-28)15-6-4-14(5-7-15)9-27-11-17-18(20(27)29)19(25-13-24-17)30-12-21(2,22)23/h4-8,10,13H,3,9,11-12H2,1-2H3. The first kappa shape index (κ1) is 19.9. The van der Waals surface area contributed by atoms with Crippen molar-refractivity contribution in [2.24, 2.45) is 0 Å². The minimum Gasteiger partial charge on any atom is -0.471 e. The number of ether oxygens (including phenoxy) is 1. The number of aromatic nitrogens is 4. The molecule has 9 heteroatoms. The van der Waals surface area contributed by atoms with Gasteiger partial charge in [-0.3, -0.25) is 9.48 Å². The molecule has 0 N–H and O–H groups in total. The summed E-state index contributed by atoms with van der Waals surface area (Å²) in [5.41, 5.74) is 3.64. The number of halogens is 2. The van der Waals surface area contributed by atoms with E-state index in [1.807, 2.05) is 48.3 Å². The number of amides is 1. The van der Waals surface area contributed by atoms with Crippen LogP contribution < -0.4 is 4.74 Å². The van der Waals surface area contributed by atoms with Crippen LogP contribution in [0.2, 0.25) is 0 Å². The average molecular weight is 413 g/mol. The number of nitrogens with zero attached hydrogens (tertiary/aromatic N) is 5. The molecule has 0 bridgehead atoms. The summed E-state index contributed by atoms with van der Waals surface area (Å²) in [5.74, 6) is -3.44. The molecule has 7 nitrogen and oxygen atoms in total. The molecular formula is C21H21F2N5O2. The van der Waals surface area contributed by atoms with Crippen molar-refractivity contribution in [1.82, 2.24) is 24.6 Å². The number of alkyl halides is 2. The molecule has 0 unspecified atom stereocenters. The molecule has 3 heterocycles. The molecule has 3 aromatic rings. The smallest absolute Gasteiger partial charge is 0.278 e. The maximum Gasteiger partial charge on any atom is 0.278 e. The predicted molar refractivity (Wildman–Crippen MR) is 105 cm³/mol. The normalized spacial score (nSPS) is 13.6. The van der Waals surface area contributed by atoms with Gasteiger partial charge < -0.3 is 9.64 Å². The zero-order valence-corrected chi connectivity index (χ0v) is 16.7. The molecule has 156 valence electrons. The second-order valence-corrected chi connectivity index (χ2v) is 7.30. The summed E-state index contributed by atoms with van der Waals surface area (Å²) in [6, 6.07) is 7.88. The number of carbonyl (C=O) groups is 1. The molecule has 0 saturated carbocycles. The molecule has 0 saturated heterocycles. The number of benzene rings is 1. The van der Waals surface area contributed by atoms with Crippen LogP contribution >= 0.6 is 0 Å². The number of aryl methyl sites for hydroxylation is 1. The van der Waals surface area contributed by atoms with Crippen LogP contribution in [0.3, 0.4) is 0 Å². The van der Waals surface area contributed by atoms with Crippen molar-refractivity contribution >= 4 is 5.91 Å². The summed E-state index contributed by atoms with van der Waals surface area (Å²) in [6.07, 6.45) is 5.03. The average Bonchev–Trinajstić information content (AvgIpc) is 3.32. The largest absolute Gasteiger partial charge is 0.471 e. The van der Waals surface area contributed by atoms with Gasteiger partial charge in [-0.25, -0.2) is 18.7 Å². The third kappa shape index (κ3) is 4.14. The Morgan fingerprint density at radius 2 is 1.93 bits per heavy atom. The molecule has 1 aliphatic heterocycles. The maximum atomic E-state index is 13.1. The molecular weight excluding hydrogens is 392 g/mol. The van der Waals surface area contributed by atoms with E-state index in [-0.39, 0.29) is 23.9 Å². The minimum absolute atomic E-state index is 0.0997. The topological polar surface area (TPSA) is 73.1 Å². The van der Waals surface area contributed by atoms with E-state index in [9.17, 15) is 13.6 Å². The Kier molecular flexibility index (Phi) is 5.19. The lowest BCUT2D eigenvalue weighted by Gasteiger charge is -2.16. The Morgan fingerprint density at radius 1 is 1.17 bits per heavy atom. The number of rotatable bonds is 7. The molecule has 2 aromatic heterocycles. The highest BCUT2D eigenvalue weighted by molar-refractivity contribution is 5.99. The van der Waals surface area contributed by atoms with Crippen LogP contribution in [0.5, 0.6) is 5.88 Å². The third-order valence-corrected chi connectivity index (χ3v) is 4.81. The van der Waals surface area contributed by atoms with Gasteiger partial charge in [-0.2, -0.15) is 5.10 Å². The van der Waals surface area contributed by atoms with E-state index in [1.54, 1.807) is 4.90 Å². The van der Waals surface area contributed by atoms with Crippen molar-refractivity contribution in [2.45, 2.75) is 39.4 Å². The SMILES string of the molecule is CCn1cc(-c2ccc(CN3Cc4ncnc(OCC(C)(F)F)c4C3=O)cc2)cn1. The molecule has 1 aromatic carbocycles. The van der Waals surface area contributed by atoms with Crippen LogP contribution in [-0.4, -0.2) is 43.1 Å². The van der Waals surface area contributed by atoms with Crippen LogP contribution in [0.15, 0.2) is 43.0 Å². The summed E-state index contributed by atoms with van der Waals surface area (Å²) >= 11 is 0. The number of hydrogen-bond donors (Lipinski definition) is 0. The Hall–Kier alpha value is -3.36. The van der Waals surface area contributed by atoms with Crippen molar-refractivity contribution in [3.8, 4) is 17.0 Å². The summed E-state index contributed by atoms with van der Waals surface area (Å²) < 4.78 is 33.2. The fourth-order valence-corrected chi connectivity index (χ4v) is 3.29. The van der Waals surface area contributed by atoms with Gasteiger partial charge >= 0.3 is 0 Å². The zero-order valence-electron chi connectivity index (χ0n) is 16.7. The van der Waals surface area contributed by atoms with Crippen LogP contribution in [-0.2, 0) is 19.6 Å². The Morgan fingerprint density at radius 3 is 2.60 bits per heavy atom. The van der Waals surface area contributed by atoms with Gasteiger partial charge in [0, 0.05) is 31.8 Å². The van der Waals surface area contributed by atoms with E-state index in [4.69, 9.17) is 4.74 Å². The van der Waals surface area contributed by atoms with Crippen LogP contribution in [0, 0.1) is 0 Å². The second-order valence-electron chi connectivity index (χ2n) is 7.30. The van der Waals surface area contributed by atoms with Crippen molar-refractivity contribution in [3.05, 3.63) is 59.8 Å². The van der Waals surface area contributed by atoms with E-state index in [0.717, 1.165) is 30.2 Å². The molecule has 30 heavy (non-hydrogen) atoms. The van der Waals surface area contributed by atoms with E-state index in [0.29, 0.717) is 12.2 Å².